The second kappa shape index (κ2) is 12.0. The summed E-state index contributed by atoms with van der Waals surface area (Å²) in [4.78, 5) is 15.2. The van der Waals surface area contributed by atoms with Crippen molar-refractivity contribution in [1.29, 1.82) is 0 Å². The lowest BCUT2D eigenvalue weighted by Gasteiger charge is -2.55. The molecule has 0 saturated heterocycles. The maximum absolute atomic E-state index is 5.07. The number of hydrogen-bond donors (Lipinski definition) is 0. The predicted octanol–water partition coefficient (Wildman–Crippen LogP) is 10.4. The van der Waals surface area contributed by atoms with Gasteiger partial charge in [-0.3, -0.25) is 15.0 Å². The molecule has 0 amide bonds. The van der Waals surface area contributed by atoms with E-state index in [2.05, 4.69) is 135 Å². The van der Waals surface area contributed by atoms with E-state index in [-0.39, 0.29) is 40.4 Å². The third-order valence-electron chi connectivity index (χ3n) is 11.2. The summed E-state index contributed by atoms with van der Waals surface area (Å²) >= 11 is 0. The third kappa shape index (κ3) is 5.30. The lowest BCUT2D eigenvalue weighted by Crippen LogP contribution is -2.54. The Bertz CT molecular complexity index is 1590. The second-order valence-electron chi connectivity index (χ2n) is 14.8. The Morgan fingerprint density at radius 1 is 0.457 bits per heavy atom. The molecular formula is C42H48BN3. The van der Waals surface area contributed by atoms with Crippen LogP contribution in [0.2, 0.25) is 17.5 Å². The highest BCUT2D eigenvalue weighted by Crippen LogP contribution is 2.63. The van der Waals surface area contributed by atoms with E-state index in [9.17, 15) is 0 Å². The molecule has 6 unspecified atom stereocenters. The lowest BCUT2D eigenvalue weighted by molar-refractivity contribution is 0.471. The molecule has 3 aromatic rings. The van der Waals surface area contributed by atoms with Gasteiger partial charge in [-0.05, 0) is 95.4 Å². The van der Waals surface area contributed by atoms with Crippen LogP contribution in [0.15, 0.2) is 143 Å². The van der Waals surface area contributed by atoms with Crippen LogP contribution in [0, 0.1) is 0 Å². The fourth-order valence-corrected chi connectivity index (χ4v) is 10.0. The first-order chi connectivity index (χ1) is 21.9. The van der Waals surface area contributed by atoms with Crippen LogP contribution in [-0.2, 0) is 16.2 Å². The van der Waals surface area contributed by atoms with Crippen molar-refractivity contribution in [1.82, 2.24) is 15.0 Å². The molecule has 3 aliphatic carbocycles. The average molecular weight is 606 g/mol. The summed E-state index contributed by atoms with van der Waals surface area (Å²) < 4.78 is 0. The minimum atomic E-state index is -0.335. The summed E-state index contributed by atoms with van der Waals surface area (Å²) in [5.74, 6) is 0.451. The van der Waals surface area contributed by atoms with Crippen molar-refractivity contribution in [3.8, 4) is 0 Å². The second-order valence-corrected chi connectivity index (χ2v) is 14.8. The average Bonchev–Trinajstić information content (AvgIpc) is 3.01. The first-order valence-corrected chi connectivity index (χ1v) is 16.8. The third-order valence-corrected chi connectivity index (χ3v) is 11.2. The van der Waals surface area contributed by atoms with E-state index < -0.39 is 0 Å². The summed E-state index contributed by atoms with van der Waals surface area (Å²) in [5.41, 5.74) is 10.4. The Hall–Kier alpha value is -4.05. The fraction of sp³-hybridized carbons (Fsp3) is 0.357. The van der Waals surface area contributed by atoms with Gasteiger partial charge in [0.25, 0.3) is 0 Å². The number of rotatable bonds is 6. The Morgan fingerprint density at radius 3 is 0.978 bits per heavy atom. The van der Waals surface area contributed by atoms with Gasteiger partial charge in [0, 0.05) is 51.9 Å². The van der Waals surface area contributed by atoms with Gasteiger partial charge in [0.05, 0.1) is 0 Å². The van der Waals surface area contributed by atoms with Crippen molar-refractivity contribution in [2.75, 3.05) is 0 Å². The minimum absolute atomic E-state index is 0.150. The molecule has 46 heavy (non-hydrogen) atoms. The molecule has 0 N–H and O–H groups in total. The van der Waals surface area contributed by atoms with Crippen LogP contribution in [0.3, 0.4) is 0 Å². The zero-order valence-corrected chi connectivity index (χ0v) is 29.0. The smallest absolute Gasteiger partial charge is 0.167 e. The molecule has 4 heteroatoms. The molecule has 0 fully saturated rings. The molecule has 0 aliphatic heterocycles. The predicted molar refractivity (Wildman–Crippen MR) is 194 cm³/mol. The molecule has 3 aromatic heterocycles. The van der Waals surface area contributed by atoms with Crippen molar-refractivity contribution in [3.05, 3.63) is 160 Å². The topological polar surface area (TPSA) is 38.7 Å². The zero-order valence-electron chi connectivity index (χ0n) is 29.0. The van der Waals surface area contributed by atoms with Crippen molar-refractivity contribution in [2.24, 2.45) is 0 Å². The first-order valence-electron chi connectivity index (χ1n) is 16.8. The van der Waals surface area contributed by atoms with Gasteiger partial charge in [-0.2, -0.15) is 0 Å². The maximum Gasteiger partial charge on any atom is 0.167 e. The number of nitrogens with zero attached hydrogens (tertiary/aromatic N) is 3. The largest absolute Gasteiger partial charge is 0.260 e. The Balaban J connectivity index is 1.71. The van der Waals surface area contributed by atoms with Crippen LogP contribution in [0.4, 0.5) is 0 Å². The maximum atomic E-state index is 5.07. The zero-order chi connectivity index (χ0) is 32.9. The fourth-order valence-electron chi connectivity index (χ4n) is 10.0. The van der Waals surface area contributed by atoms with Crippen LogP contribution in [0.1, 0.15) is 79.4 Å². The van der Waals surface area contributed by atoms with Gasteiger partial charge in [-0.25, -0.2) is 0 Å². The Morgan fingerprint density at radius 2 is 0.739 bits per heavy atom. The van der Waals surface area contributed by atoms with E-state index >= 15 is 0 Å². The molecule has 0 aromatic carbocycles. The van der Waals surface area contributed by atoms with Gasteiger partial charge in [-0.15, -0.1) is 0 Å². The summed E-state index contributed by atoms with van der Waals surface area (Å²) in [7, 11) is 0. The van der Waals surface area contributed by atoms with Crippen molar-refractivity contribution >= 4 is 6.71 Å². The molecule has 0 bridgehead atoms. The van der Waals surface area contributed by atoms with Crippen LogP contribution >= 0.6 is 0 Å². The highest BCUT2D eigenvalue weighted by molar-refractivity contribution is 6.67. The number of pyridine rings is 3. The van der Waals surface area contributed by atoms with Crippen molar-refractivity contribution in [2.45, 2.75) is 96.0 Å². The van der Waals surface area contributed by atoms with Gasteiger partial charge in [-0.1, -0.05) is 109 Å². The standard InChI is InChI=1S/C42H48BN3/c1-28-22-31(4)37(40(7,25-28)34-16-10-13-19-44-34)43(38-32(5)23-29(2)26-41(38,8)35-17-11-14-20-45-35)39-33(6)24-30(3)27-42(39,9)36-18-12-15-21-46-36/h10-27,37-39H,1-9H3. The molecule has 3 nitrogen and oxygen atoms in total. The molecule has 3 aliphatic rings. The van der Waals surface area contributed by atoms with Gasteiger partial charge in [0.2, 0.25) is 0 Å². The highest BCUT2D eigenvalue weighted by Gasteiger charge is 2.59. The van der Waals surface area contributed by atoms with Crippen LogP contribution in [-0.4, -0.2) is 21.7 Å². The molecule has 0 spiro atoms. The summed E-state index contributed by atoms with van der Waals surface area (Å²) in [5, 5.41) is 0. The van der Waals surface area contributed by atoms with E-state index in [0.29, 0.717) is 0 Å². The minimum Gasteiger partial charge on any atom is -0.260 e. The molecular weight excluding hydrogens is 557 g/mol. The first kappa shape index (κ1) is 31.9. The number of aromatic nitrogens is 3. The van der Waals surface area contributed by atoms with Crippen molar-refractivity contribution in [3.63, 3.8) is 0 Å². The summed E-state index contributed by atoms with van der Waals surface area (Å²) in [6.45, 7) is 21.2. The van der Waals surface area contributed by atoms with E-state index in [1.165, 1.54) is 33.4 Å². The number of hydrogen-bond acceptors (Lipinski definition) is 3. The van der Waals surface area contributed by atoms with Crippen LogP contribution in [0.25, 0.3) is 0 Å². The van der Waals surface area contributed by atoms with E-state index in [1.807, 2.05) is 36.8 Å². The van der Waals surface area contributed by atoms with E-state index in [0.717, 1.165) is 17.1 Å². The Labute approximate surface area is 277 Å². The molecule has 3 heterocycles. The molecule has 0 saturated carbocycles. The lowest BCUT2D eigenvalue weighted by atomic mass is 9.16. The highest BCUT2D eigenvalue weighted by atomic mass is 14.7. The summed E-state index contributed by atoms with van der Waals surface area (Å²) in [6.07, 6.45) is 20.6. The molecule has 6 atom stereocenters. The SMILES string of the molecule is CC1=CC(C)(c2ccccn2)C(B(C2C(C)=CC(C)=CC2(C)c2ccccn2)C2C(C)=CC(C)=CC2(C)c2ccccn2)C(C)=C1. The number of allylic oxidation sites excluding steroid dienone is 12. The van der Waals surface area contributed by atoms with Crippen LogP contribution in [0.5, 0.6) is 0 Å². The van der Waals surface area contributed by atoms with Gasteiger partial charge in [0.15, 0.2) is 6.71 Å². The van der Waals surface area contributed by atoms with Gasteiger partial charge in [0.1, 0.15) is 0 Å². The molecule has 0 radical (unpaired) electrons. The van der Waals surface area contributed by atoms with E-state index in [4.69, 9.17) is 15.0 Å². The van der Waals surface area contributed by atoms with Crippen LogP contribution < -0.4 is 0 Å². The molecule has 6 rings (SSSR count). The van der Waals surface area contributed by atoms with Gasteiger partial charge < -0.3 is 0 Å². The van der Waals surface area contributed by atoms with Gasteiger partial charge >= 0.3 is 0 Å². The Kier molecular flexibility index (Phi) is 8.29. The van der Waals surface area contributed by atoms with E-state index in [1.54, 1.807) is 0 Å². The molecule has 234 valence electrons. The monoisotopic (exact) mass is 605 g/mol. The quantitative estimate of drug-likeness (QED) is 0.263. The summed E-state index contributed by atoms with van der Waals surface area (Å²) in [6, 6.07) is 19.2. The normalized spacial score (nSPS) is 31.1. The van der Waals surface area contributed by atoms with Crippen molar-refractivity contribution < 1.29 is 0 Å².